The predicted molar refractivity (Wildman–Crippen MR) is 88.3 cm³/mol. The second-order valence-electron chi connectivity index (χ2n) is 5.43. The Labute approximate surface area is 136 Å². The summed E-state index contributed by atoms with van der Waals surface area (Å²) in [5, 5.41) is 3.35. The molecule has 1 aromatic heterocycles. The van der Waals surface area contributed by atoms with Crippen molar-refractivity contribution in [2.24, 2.45) is 7.05 Å². The minimum Gasteiger partial charge on any atom is -0.336 e. The maximum atomic E-state index is 12.9. The summed E-state index contributed by atoms with van der Waals surface area (Å²) in [7, 11) is 1.97. The number of nitrogens with one attached hydrogen (secondary N) is 1. The van der Waals surface area contributed by atoms with Crippen LogP contribution in [-0.2, 0) is 7.05 Å². The molecule has 1 aromatic carbocycles. The topological polar surface area (TPSA) is 50.2 Å². The zero-order valence-electron chi connectivity index (χ0n) is 12.8. The molecule has 0 saturated carbocycles. The highest BCUT2D eigenvalue weighted by Crippen LogP contribution is 2.23. The van der Waals surface area contributed by atoms with E-state index in [1.54, 1.807) is 6.20 Å². The van der Waals surface area contributed by atoms with Gasteiger partial charge in [-0.25, -0.2) is 4.98 Å². The van der Waals surface area contributed by atoms with E-state index in [-0.39, 0.29) is 24.4 Å². The van der Waals surface area contributed by atoms with Crippen molar-refractivity contribution in [2.75, 3.05) is 19.6 Å². The van der Waals surface area contributed by atoms with Crippen LogP contribution >= 0.6 is 12.4 Å². The average molecular weight is 321 g/mol. The van der Waals surface area contributed by atoms with Gasteiger partial charge in [-0.15, -0.1) is 12.4 Å². The molecule has 118 valence electrons. The van der Waals surface area contributed by atoms with Gasteiger partial charge in [-0.05, 0) is 18.6 Å². The number of carbonyl (C=O) groups is 1. The first-order chi connectivity index (χ1) is 10.2. The van der Waals surface area contributed by atoms with E-state index in [4.69, 9.17) is 0 Å². The third kappa shape index (κ3) is 3.00. The maximum absolute atomic E-state index is 12.9. The van der Waals surface area contributed by atoms with Crippen LogP contribution in [0.3, 0.4) is 0 Å². The number of carbonyl (C=O) groups excluding carboxylic acids is 1. The normalized spacial score (nSPS) is 17.9. The molecule has 2 aromatic rings. The SMILES string of the molecule is Cc1ccccc1C(=O)N1CCNCC1c1nccn1C.Cl. The van der Waals surface area contributed by atoms with Gasteiger partial charge in [-0.1, -0.05) is 18.2 Å². The fraction of sp³-hybridized carbons (Fsp3) is 0.375. The van der Waals surface area contributed by atoms with Crippen molar-refractivity contribution >= 4 is 18.3 Å². The maximum Gasteiger partial charge on any atom is 0.254 e. The first-order valence-electron chi connectivity index (χ1n) is 7.23. The molecule has 0 spiro atoms. The first-order valence-corrected chi connectivity index (χ1v) is 7.23. The van der Waals surface area contributed by atoms with Gasteiger partial charge in [-0.3, -0.25) is 4.79 Å². The van der Waals surface area contributed by atoms with Gasteiger partial charge in [0, 0.05) is 44.6 Å². The number of aromatic nitrogens is 2. The smallest absolute Gasteiger partial charge is 0.254 e. The number of nitrogens with zero attached hydrogens (tertiary/aromatic N) is 3. The summed E-state index contributed by atoms with van der Waals surface area (Å²) in [6.07, 6.45) is 3.70. The summed E-state index contributed by atoms with van der Waals surface area (Å²) in [4.78, 5) is 19.2. The average Bonchev–Trinajstić information content (AvgIpc) is 2.93. The quantitative estimate of drug-likeness (QED) is 0.920. The van der Waals surface area contributed by atoms with Crippen molar-refractivity contribution in [2.45, 2.75) is 13.0 Å². The summed E-state index contributed by atoms with van der Waals surface area (Å²) in [5.41, 5.74) is 1.79. The standard InChI is InChI=1S/C16H20N4O.ClH/c1-12-5-3-4-6-13(12)16(21)20-10-7-17-11-14(20)15-18-8-9-19(15)2;/h3-6,8-9,14,17H,7,10-11H2,1-2H3;1H. The van der Waals surface area contributed by atoms with Gasteiger partial charge in [-0.2, -0.15) is 0 Å². The summed E-state index contributed by atoms with van der Waals surface area (Å²) in [6.45, 7) is 4.23. The van der Waals surface area contributed by atoms with E-state index in [2.05, 4.69) is 10.3 Å². The van der Waals surface area contributed by atoms with Crippen molar-refractivity contribution in [3.8, 4) is 0 Å². The Morgan fingerprint density at radius 1 is 1.36 bits per heavy atom. The van der Waals surface area contributed by atoms with Crippen molar-refractivity contribution in [1.82, 2.24) is 19.8 Å². The molecule has 5 nitrogen and oxygen atoms in total. The Bertz CT molecular complexity index is 655. The predicted octanol–water partition coefficient (Wildman–Crippen LogP) is 1.94. The summed E-state index contributed by atoms with van der Waals surface area (Å²) in [6, 6.07) is 7.73. The van der Waals surface area contributed by atoms with Crippen LogP contribution in [0.5, 0.6) is 0 Å². The number of piperazine rings is 1. The van der Waals surface area contributed by atoms with E-state index in [1.165, 1.54) is 0 Å². The molecule has 0 bridgehead atoms. The number of imidazole rings is 1. The molecule has 1 saturated heterocycles. The lowest BCUT2D eigenvalue weighted by atomic mass is 10.1. The summed E-state index contributed by atoms with van der Waals surface area (Å²) in [5.74, 6) is 1.01. The molecular formula is C16H21ClN4O. The molecule has 0 aliphatic carbocycles. The lowest BCUT2D eigenvalue weighted by Crippen LogP contribution is -2.49. The van der Waals surface area contributed by atoms with E-state index in [9.17, 15) is 4.79 Å². The number of halogens is 1. The van der Waals surface area contributed by atoms with Gasteiger partial charge in [0.15, 0.2) is 0 Å². The number of hydrogen-bond donors (Lipinski definition) is 1. The van der Waals surface area contributed by atoms with Crippen LogP contribution in [0.1, 0.15) is 27.8 Å². The Hall–Kier alpha value is -1.85. The van der Waals surface area contributed by atoms with Crippen LogP contribution in [0.25, 0.3) is 0 Å². The van der Waals surface area contributed by atoms with Crippen LogP contribution < -0.4 is 5.32 Å². The highest BCUT2D eigenvalue weighted by molar-refractivity contribution is 5.96. The molecule has 1 N–H and O–H groups in total. The number of rotatable bonds is 2. The van der Waals surface area contributed by atoms with Gasteiger partial charge in [0.05, 0.1) is 0 Å². The van der Waals surface area contributed by atoms with Gasteiger partial charge in [0.2, 0.25) is 0 Å². The number of benzene rings is 1. The molecule has 1 amide bonds. The fourth-order valence-corrected chi connectivity index (χ4v) is 2.84. The molecule has 6 heteroatoms. The van der Waals surface area contributed by atoms with E-state index in [0.717, 1.165) is 30.0 Å². The minimum absolute atomic E-state index is 0. The van der Waals surface area contributed by atoms with Crippen LogP contribution in [0.4, 0.5) is 0 Å². The van der Waals surface area contributed by atoms with Crippen LogP contribution in [0.2, 0.25) is 0 Å². The third-order valence-electron chi connectivity index (χ3n) is 4.04. The van der Waals surface area contributed by atoms with Gasteiger partial charge in [0.1, 0.15) is 11.9 Å². The van der Waals surface area contributed by atoms with Gasteiger partial charge < -0.3 is 14.8 Å². The van der Waals surface area contributed by atoms with Crippen LogP contribution in [0, 0.1) is 6.92 Å². The molecular weight excluding hydrogens is 300 g/mol. The minimum atomic E-state index is -0.0224. The van der Waals surface area contributed by atoms with E-state index >= 15 is 0 Å². The van der Waals surface area contributed by atoms with Crippen LogP contribution in [0.15, 0.2) is 36.7 Å². The Kier molecular flexibility index (Phi) is 5.21. The molecule has 2 heterocycles. The largest absolute Gasteiger partial charge is 0.336 e. The number of hydrogen-bond acceptors (Lipinski definition) is 3. The van der Waals surface area contributed by atoms with Crippen molar-refractivity contribution < 1.29 is 4.79 Å². The fourth-order valence-electron chi connectivity index (χ4n) is 2.84. The Morgan fingerprint density at radius 2 is 2.14 bits per heavy atom. The van der Waals surface area contributed by atoms with Gasteiger partial charge >= 0.3 is 0 Å². The highest BCUT2D eigenvalue weighted by Gasteiger charge is 2.31. The molecule has 0 radical (unpaired) electrons. The third-order valence-corrected chi connectivity index (χ3v) is 4.04. The number of aryl methyl sites for hydroxylation is 2. The van der Waals surface area contributed by atoms with E-state index in [0.29, 0.717) is 6.54 Å². The van der Waals surface area contributed by atoms with Crippen molar-refractivity contribution in [1.29, 1.82) is 0 Å². The first kappa shape index (κ1) is 16.5. The molecule has 1 fully saturated rings. The molecule has 1 aliphatic heterocycles. The second kappa shape index (κ2) is 6.94. The molecule has 1 atom stereocenters. The lowest BCUT2D eigenvalue weighted by Gasteiger charge is -2.36. The number of amides is 1. The zero-order chi connectivity index (χ0) is 14.8. The molecule has 22 heavy (non-hydrogen) atoms. The van der Waals surface area contributed by atoms with Gasteiger partial charge in [0.25, 0.3) is 5.91 Å². The molecule has 3 rings (SSSR count). The van der Waals surface area contributed by atoms with Crippen molar-refractivity contribution in [3.05, 3.63) is 53.6 Å². The Balaban J connectivity index is 0.00000176. The molecule has 1 unspecified atom stereocenters. The van der Waals surface area contributed by atoms with E-state index < -0.39 is 0 Å². The summed E-state index contributed by atoms with van der Waals surface area (Å²) < 4.78 is 1.98. The summed E-state index contributed by atoms with van der Waals surface area (Å²) >= 11 is 0. The molecule has 1 aliphatic rings. The monoisotopic (exact) mass is 320 g/mol. The highest BCUT2D eigenvalue weighted by atomic mass is 35.5. The van der Waals surface area contributed by atoms with Crippen molar-refractivity contribution in [3.63, 3.8) is 0 Å². The van der Waals surface area contributed by atoms with E-state index in [1.807, 2.05) is 53.9 Å². The Morgan fingerprint density at radius 3 is 2.82 bits per heavy atom. The lowest BCUT2D eigenvalue weighted by molar-refractivity contribution is 0.0620. The zero-order valence-corrected chi connectivity index (χ0v) is 13.6. The van der Waals surface area contributed by atoms with Crippen LogP contribution in [-0.4, -0.2) is 40.0 Å². The second-order valence-corrected chi connectivity index (χ2v) is 5.43.